The van der Waals surface area contributed by atoms with E-state index >= 15 is 0 Å². The van der Waals surface area contributed by atoms with Crippen LogP contribution in [0.3, 0.4) is 0 Å². The number of carbonyl (C=O) groups is 3. The Morgan fingerprint density at radius 1 is 1.00 bits per heavy atom. The van der Waals surface area contributed by atoms with Gasteiger partial charge in [0.1, 0.15) is 17.0 Å². The Labute approximate surface area is 275 Å². The molecule has 10 nitrogen and oxygen atoms in total. The zero-order chi connectivity index (χ0) is 34.5. The van der Waals surface area contributed by atoms with Crippen LogP contribution in [0.25, 0.3) is 0 Å². The van der Waals surface area contributed by atoms with E-state index in [1.54, 1.807) is 19.1 Å². The number of alkyl halides is 3. The Morgan fingerprint density at radius 3 is 2.29 bits per heavy atom. The first-order valence-electron chi connectivity index (χ1n) is 14.5. The maximum Gasteiger partial charge on any atom is 0.416 e. The normalized spacial score (nSPS) is 22.1. The van der Waals surface area contributed by atoms with E-state index < -0.39 is 57.9 Å². The summed E-state index contributed by atoms with van der Waals surface area (Å²) in [6.07, 6.45) is -4.92. The number of imide groups is 1. The molecule has 0 spiro atoms. The Balaban J connectivity index is 1.43. The molecule has 0 aliphatic carbocycles. The van der Waals surface area contributed by atoms with Crippen molar-refractivity contribution in [3.63, 3.8) is 0 Å². The number of halogens is 4. The predicted molar refractivity (Wildman–Crippen MR) is 167 cm³/mol. The lowest BCUT2D eigenvalue weighted by Gasteiger charge is -2.31. The third-order valence-electron chi connectivity index (χ3n) is 8.69. The van der Waals surface area contributed by atoms with Crippen molar-refractivity contribution in [2.24, 2.45) is 11.8 Å². The fourth-order valence-corrected chi connectivity index (χ4v) is 6.58. The third-order valence-corrected chi connectivity index (χ3v) is 9.10. The van der Waals surface area contributed by atoms with Crippen LogP contribution in [0.1, 0.15) is 28.3 Å². The van der Waals surface area contributed by atoms with E-state index in [2.05, 4.69) is 5.32 Å². The molecule has 4 aromatic carbocycles. The SMILES string of the molecule is Cc1ccc(N2C(=O)C3C(c4cccc(Oc5cccc(C(F)(F)F)c5)c4)NC(Cc4ccc([N+](=O)[O-])cc4)(C(=O)O)C3C2=O)cc1Cl. The summed E-state index contributed by atoms with van der Waals surface area (Å²) in [5.41, 5.74) is -1.65. The molecule has 2 N–H and O–H groups in total. The molecule has 0 radical (unpaired) electrons. The Hall–Kier alpha value is -5.27. The number of non-ortho nitro benzene ring substituents is 1. The summed E-state index contributed by atoms with van der Waals surface area (Å²) in [4.78, 5) is 53.2. The number of nitrogens with zero attached hydrogens (tertiary/aromatic N) is 2. The molecule has 48 heavy (non-hydrogen) atoms. The number of hydrogen-bond donors (Lipinski definition) is 2. The summed E-state index contributed by atoms with van der Waals surface area (Å²) in [5.74, 6) is -5.57. The molecule has 246 valence electrons. The van der Waals surface area contributed by atoms with E-state index in [4.69, 9.17) is 16.3 Å². The number of carbonyl (C=O) groups excluding carboxylic acids is 2. The zero-order valence-electron chi connectivity index (χ0n) is 24.9. The van der Waals surface area contributed by atoms with Gasteiger partial charge in [-0.2, -0.15) is 13.2 Å². The smallest absolute Gasteiger partial charge is 0.416 e. The van der Waals surface area contributed by atoms with Crippen LogP contribution in [0, 0.1) is 28.9 Å². The summed E-state index contributed by atoms with van der Waals surface area (Å²) in [6, 6.07) is 19.1. The first-order valence-corrected chi connectivity index (χ1v) is 14.9. The molecule has 0 saturated carbocycles. The standard InChI is InChI=1S/C34H25ClF3N3O7/c1-18-8-11-23(16-26(18)35)40-30(42)27-28(31(40)43)33(32(44)45,17-19-9-12-22(13-10-19)41(46)47)39-29(27)20-4-2-6-24(14-20)48-25-7-3-5-21(15-25)34(36,37)38/h2-16,27-29,39H,17H2,1H3,(H,44,45). The summed E-state index contributed by atoms with van der Waals surface area (Å²) < 4.78 is 45.6. The highest BCUT2D eigenvalue weighted by Crippen LogP contribution is 2.51. The van der Waals surface area contributed by atoms with Crippen molar-refractivity contribution in [2.45, 2.75) is 31.1 Å². The van der Waals surface area contributed by atoms with Crippen LogP contribution in [-0.2, 0) is 27.0 Å². The van der Waals surface area contributed by atoms with E-state index in [1.165, 1.54) is 66.7 Å². The van der Waals surface area contributed by atoms with Crippen molar-refractivity contribution in [2.75, 3.05) is 4.90 Å². The second-order valence-corrected chi connectivity index (χ2v) is 12.1. The maximum absolute atomic E-state index is 14.2. The average Bonchev–Trinajstić information content (AvgIpc) is 3.52. The van der Waals surface area contributed by atoms with Crippen molar-refractivity contribution < 1.29 is 42.3 Å². The van der Waals surface area contributed by atoms with Crippen LogP contribution < -0.4 is 15.0 Å². The number of carboxylic acids is 1. The summed E-state index contributed by atoms with van der Waals surface area (Å²) in [5, 5.41) is 25.3. The molecule has 2 aliphatic rings. The second kappa shape index (κ2) is 12.1. The van der Waals surface area contributed by atoms with Crippen molar-refractivity contribution in [3.8, 4) is 11.5 Å². The number of amides is 2. The minimum atomic E-state index is -4.60. The van der Waals surface area contributed by atoms with Gasteiger partial charge < -0.3 is 9.84 Å². The largest absolute Gasteiger partial charge is 0.480 e. The van der Waals surface area contributed by atoms with Gasteiger partial charge in [-0.25, -0.2) is 4.90 Å². The van der Waals surface area contributed by atoms with Gasteiger partial charge in [0, 0.05) is 29.6 Å². The lowest BCUT2D eigenvalue weighted by molar-refractivity contribution is -0.384. The number of nitrogens with one attached hydrogen (secondary N) is 1. The molecule has 14 heteroatoms. The summed E-state index contributed by atoms with van der Waals surface area (Å²) >= 11 is 6.32. The van der Waals surface area contributed by atoms with E-state index in [0.717, 1.165) is 17.0 Å². The van der Waals surface area contributed by atoms with Gasteiger partial charge in [0.25, 0.3) is 5.69 Å². The van der Waals surface area contributed by atoms with Crippen molar-refractivity contribution in [1.29, 1.82) is 0 Å². The number of rotatable bonds is 8. The molecule has 0 aromatic heterocycles. The van der Waals surface area contributed by atoms with Gasteiger partial charge in [-0.1, -0.05) is 48.0 Å². The van der Waals surface area contributed by atoms with Crippen LogP contribution in [0.2, 0.25) is 5.02 Å². The molecule has 2 heterocycles. The van der Waals surface area contributed by atoms with Gasteiger partial charge >= 0.3 is 12.1 Å². The molecular formula is C34H25ClF3N3O7. The number of nitro groups is 1. The Bertz CT molecular complexity index is 1970. The monoisotopic (exact) mass is 679 g/mol. The average molecular weight is 680 g/mol. The highest BCUT2D eigenvalue weighted by Gasteiger charge is 2.68. The number of hydrogen-bond acceptors (Lipinski definition) is 7. The first-order chi connectivity index (χ1) is 22.7. The quantitative estimate of drug-likeness (QED) is 0.117. The molecule has 2 fully saturated rings. The van der Waals surface area contributed by atoms with Crippen LogP contribution in [0.15, 0.2) is 91.0 Å². The van der Waals surface area contributed by atoms with Crippen LogP contribution in [0.5, 0.6) is 11.5 Å². The topological polar surface area (TPSA) is 139 Å². The molecular weight excluding hydrogens is 655 g/mol. The lowest BCUT2D eigenvalue weighted by Crippen LogP contribution is -2.57. The van der Waals surface area contributed by atoms with Gasteiger partial charge in [-0.3, -0.25) is 29.8 Å². The molecule has 0 bridgehead atoms. The highest BCUT2D eigenvalue weighted by atomic mass is 35.5. The molecule has 2 amide bonds. The number of anilines is 1. The molecule has 4 atom stereocenters. The van der Waals surface area contributed by atoms with Crippen LogP contribution in [-0.4, -0.2) is 33.4 Å². The van der Waals surface area contributed by atoms with Gasteiger partial charge in [0.15, 0.2) is 0 Å². The number of fused-ring (bicyclic) bond motifs is 1. The third kappa shape index (κ3) is 5.75. The van der Waals surface area contributed by atoms with E-state index in [-0.39, 0.29) is 34.3 Å². The minimum Gasteiger partial charge on any atom is -0.480 e. The van der Waals surface area contributed by atoms with Crippen LogP contribution >= 0.6 is 11.6 Å². The minimum absolute atomic E-state index is 0.104. The summed E-state index contributed by atoms with van der Waals surface area (Å²) in [6.45, 7) is 1.74. The predicted octanol–water partition coefficient (Wildman–Crippen LogP) is 6.88. The maximum atomic E-state index is 14.2. The molecule has 4 unspecified atom stereocenters. The Morgan fingerprint density at radius 2 is 1.67 bits per heavy atom. The fraction of sp³-hybridized carbons (Fsp3) is 0.206. The van der Waals surface area contributed by atoms with Crippen molar-refractivity contribution in [1.82, 2.24) is 5.32 Å². The molecule has 2 saturated heterocycles. The van der Waals surface area contributed by atoms with E-state index in [9.17, 15) is 42.8 Å². The number of aryl methyl sites for hydroxylation is 1. The van der Waals surface area contributed by atoms with Gasteiger partial charge in [-0.05, 0) is 66.1 Å². The second-order valence-electron chi connectivity index (χ2n) is 11.6. The van der Waals surface area contributed by atoms with Gasteiger partial charge in [-0.15, -0.1) is 0 Å². The first kappa shape index (κ1) is 32.7. The highest BCUT2D eigenvalue weighted by molar-refractivity contribution is 6.32. The van der Waals surface area contributed by atoms with Crippen LogP contribution in [0.4, 0.5) is 24.5 Å². The number of nitro benzene ring substituents is 1. The molecule has 6 rings (SSSR count). The number of ether oxygens (including phenoxy) is 1. The lowest BCUT2D eigenvalue weighted by atomic mass is 9.76. The number of carboxylic acid groups (broad SMARTS) is 1. The zero-order valence-corrected chi connectivity index (χ0v) is 25.7. The fourth-order valence-electron chi connectivity index (χ4n) is 6.40. The molecule has 2 aliphatic heterocycles. The Kier molecular flexibility index (Phi) is 8.21. The van der Waals surface area contributed by atoms with Crippen molar-refractivity contribution >= 4 is 40.8 Å². The van der Waals surface area contributed by atoms with E-state index in [0.29, 0.717) is 16.7 Å². The van der Waals surface area contributed by atoms with Crippen molar-refractivity contribution in [3.05, 3.63) is 128 Å². The molecule has 4 aromatic rings. The van der Waals surface area contributed by atoms with Gasteiger partial charge in [0.2, 0.25) is 11.8 Å². The summed E-state index contributed by atoms with van der Waals surface area (Å²) in [7, 11) is 0. The number of benzene rings is 4. The van der Waals surface area contributed by atoms with E-state index in [1.807, 2.05) is 0 Å². The number of aliphatic carboxylic acids is 1. The van der Waals surface area contributed by atoms with Gasteiger partial charge in [0.05, 0.1) is 28.0 Å².